The molecule has 0 aromatic rings. The molecule has 27 heavy (non-hydrogen) atoms. The molecule has 2 heterocycles. The second kappa shape index (κ2) is 9.31. The van der Waals surface area contributed by atoms with Crippen molar-refractivity contribution >= 4 is 29.7 Å². The molecule has 11 heteroatoms. The third kappa shape index (κ3) is 5.64. The number of hydrogen-bond donors (Lipinski definition) is 5. The summed E-state index contributed by atoms with van der Waals surface area (Å²) in [5, 5.41) is 25.1. The maximum Gasteiger partial charge on any atom is 0.322 e. The highest BCUT2D eigenvalue weighted by molar-refractivity contribution is 5.95. The summed E-state index contributed by atoms with van der Waals surface area (Å²) in [6.07, 6.45) is 1.93. The van der Waals surface area contributed by atoms with Gasteiger partial charge in [0.2, 0.25) is 17.7 Å². The number of carbonyl (C=O) groups is 5. The average Bonchev–Trinajstić information content (AvgIpc) is 3.29. The molecule has 0 spiro atoms. The molecule has 150 valence electrons. The van der Waals surface area contributed by atoms with Crippen LogP contribution in [0.2, 0.25) is 0 Å². The number of carboxylic acids is 2. The second-order valence-corrected chi connectivity index (χ2v) is 6.61. The summed E-state index contributed by atoms with van der Waals surface area (Å²) in [7, 11) is 0. The third-order valence-electron chi connectivity index (χ3n) is 4.62. The van der Waals surface area contributed by atoms with E-state index < -0.39 is 48.8 Å². The summed E-state index contributed by atoms with van der Waals surface area (Å²) >= 11 is 0. The number of carboxylic acid groups (broad SMARTS) is 2. The van der Waals surface area contributed by atoms with Gasteiger partial charge in [-0.25, -0.2) is 0 Å². The topological polar surface area (TPSA) is 165 Å². The molecule has 3 amide bonds. The van der Waals surface area contributed by atoms with Crippen molar-refractivity contribution in [2.75, 3.05) is 19.6 Å². The van der Waals surface area contributed by atoms with E-state index in [1.54, 1.807) is 0 Å². The fourth-order valence-electron chi connectivity index (χ4n) is 3.34. The van der Waals surface area contributed by atoms with Gasteiger partial charge in [0.05, 0.1) is 12.5 Å². The highest BCUT2D eigenvalue weighted by Crippen LogP contribution is 2.21. The van der Waals surface area contributed by atoms with Crippen LogP contribution in [0.3, 0.4) is 0 Å². The average molecular weight is 384 g/mol. The van der Waals surface area contributed by atoms with Crippen LogP contribution in [0, 0.1) is 0 Å². The third-order valence-corrected chi connectivity index (χ3v) is 4.62. The van der Waals surface area contributed by atoms with Gasteiger partial charge in [0.15, 0.2) is 0 Å². The van der Waals surface area contributed by atoms with Crippen LogP contribution in [0.5, 0.6) is 0 Å². The normalized spacial score (nSPS) is 22.9. The number of aliphatic carboxylic acids is 2. The number of likely N-dealkylation sites (tertiary alicyclic amines) is 1. The van der Waals surface area contributed by atoms with Crippen LogP contribution in [-0.4, -0.2) is 82.5 Å². The lowest BCUT2D eigenvalue weighted by molar-refractivity contribution is -0.143. The number of hydrogen-bond acceptors (Lipinski definition) is 6. The van der Waals surface area contributed by atoms with Crippen LogP contribution in [-0.2, 0) is 24.0 Å². The smallest absolute Gasteiger partial charge is 0.322 e. The predicted octanol–water partition coefficient (Wildman–Crippen LogP) is -2.11. The quantitative estimate of drug-likeness (QED) is 0.317. The summed E-state index contributed by atoms with van der Waals surface area (Å²) in [5.74, 6) is -4.30. The number of nitrogens with one attached hydrogen (secondary N) is 3. The minimum absolute atomic E-state index is 0.171. The lowest BCUT2D eigenvalue weighted by Crippen LogP contribution is -2.55. The lowest BCUT2D eigenvalue weighted by atomic mass is 10.1. The molecular formula is C16H24N4O7. The van der Waals surface area contributed by atoms with E-state index >= 15 is 0 Å². The summed E-state index contributed by atoms with van der Waals surface area (Å²) in [5.41, 5.74) is 0. The van der Waals surface area contributed by atoms with Gasteiger partial charge in [-0.15, -0.1) is 0 Å². The minimum Gasteiger partial charge on any atom is -0.481 e. The molecule has 0 aliphatic carbocycles. The fraction of sp³-hybridized carbons (Fsp3) is 0.688. The molecule has 11 nitrogen and oxygen atoms in total. The molecule has 2 aliphatic rings. The van der Waals surface area contributed by atoms with Crippen molar-refractivity contribution in [3.63, 3.8) is 0 Å². The van der Waals surface area contributed by atoms with E-state index in [0.29, 0.717) is 25.8 Å². The zero-order chi connectivity index (χ0) is 20.0. The Balaban J connectivity index is 2.01. The Kier molecular flexibility index (Phi) is 7.11. The Labute approximate surface area is 155 Å². The molecule has 2 fully saturated rings. The largest absolute Gasteiger partial charge is 0.481 e. The fourth-order valence-corrected chi connectivity index (χ4v) is 3.34. The highest BCUT2D eigenvalue weighted by atomic mass is 16.4. The van der Waals surface area contributed by atoms with Gasteiger partial charge >= 0.3 is 11.9 Å². The molecule has 3 atom stereocenters. The second-order valence-electron chi connectivity index (χ2n) is 6.61. The van der Waals surface area contributed by atoms with Crippen LogP contribution in [0.25, 0.3) is 0 Å². The van der Waals surface area contributed by atoms with Gasteiger partial charge in [-0.05, 0) is 32.2 Å². The molecule has 0 aromatic carbocycles. The molecule has 2 saturated heterocycles. The number of carbonyl (C=O) groups excluding carboxylic acids is 3. The first kappa shape index (κ1) is 20.6. The molecule has 5 N–H and O–H groups in total. The first-order valence-electron chi connectivity index (χ1n) is 8.85. The van der Waals surface area contributed by atoms with Gasteiger partial charge in [-0.3, -0.25) is 24.0 Å². The monoisotopic (exact) mass is 384 g/mol. The molecule has 2 rings (SSSR count). The first-order valence-corrected chi connectivity index (χ1v) is 8.85. The van der Waals surface area contributed by atoms with Crippen LogP contribution >= 0.6 is 0 Å². The predicted molar refractivity (Wildman–Crippen MR) is 90.6 cm³/mol. The summed E-state index contributed by atoms with van der Waals surface area (Å²) in [4.78, 5) is 60.2. The van der Waals surface area contributed by atoms with Crippen molar-refractivity contribution in [2.24, 2.45) is 0 Å². The van der Waals surface area contributed by atoms with E-state index in [4.69, 9.17) is 10.2 Å². The van der Waals surface area contributed by atoms with E-state index in [-0.39, 0.29) is 11.9 Å². The van der Waals surface area contributed by atoms with Crippen molar-refractivity contribution < 1.29 is 34.2 Å². The molecule has 2 aliphatic heterocycles. The molecule has 0 saturated carbocycles. The first-order chi connectivity index (χ1) is 12.8. The maximum atomic E-state index is 12.6. The Hall–Kier alpha value is -2.69. The number of rotatable bonds is 8. The van der Waals surface area contributed by atoms with Crippen molar-refractivity contribution in [1.82, 2.24) is 20.9 Å². The van der Waals surface area contributed by atoms with Gasteiger partial charge in [0.25, 0.3) is 0 Å². The Morgan fingerprint density at radius 2 is 1.81 bits per heavy atom. The van der Waals surface area contributed by atoms with Crippen LogP contribution in [0.1, 0.15) is 32.1 Å². The Morgan fingerprint density at radius 3 is 2.41 bits per heavy atom. The zero-order valence-electron chi connectivity index (χ0n) is 14.8. The standard InChI is InChI=1S/C16H24N4O7/c21-12(22)7-10(14(25)18-8-13(23)24)19-15(26)11-4-2-6-20(11)16(27)9-3-1-5-17-9/h9-11,17H,1-8H2,(H,18,25)(H,19,26)(H,21,22)(H,23,24). The van der Waals surface area contributed by atoms with Crippen molar-refractivity contribution in [2.45, 2.75) is 50.2 Å². The summed E-state index contributed by atoms with van der Waals surface area (Å²) in [6, 6.07) is -2.52. The van der Waals surface area contributed by atoms with Gasteiger partial charge in [0, 0.05) is 6.54 Å². The summed E-state index contributed by atoms with van der Waals surface area (Å²) < 4.78 is 0. The lowest BCUT2D eigenvalue weighted by Gasteiger charge is -2.28. The number of nitrogens with zero attached hydrogens (tertiary/aromatic N) is 1. The highest BCUT2D eigenvalue weighted by Gasteiger charge is 2.39. The van der Waals surface area contributed by atoms with E-state index in [9.17, 15) is 24.0 Å². The van der Waals surface area contributed by atoms with Crippen LogP contribution in [0.4, 0.5) is 0 Å². The molecule has 0 radical (unpaired) electrons. The van der Waals surface area contributed by atoms with Gasteiger partial charge in [-0.1, -0.05) is 0 Å². The van der Waals surface area contributed by atoms with E-state index in [1.165, 1.54) is 4.90 Å². The van der Waals surface area contributed by atoms with Gasteiger partial charge in [0.1, 0.15) is 18.6 Å². The Morgan fingerprint density at radius 1 is 1.07 bits per heavy atom. The molecular weight excluding hydrogens is 360 g/mol. The maximum absolute atomic E-state index is 12.6. The van der Waals surface area contributed by atoms with Gasteiger partial charge < -0.3 is 31.1 Å². The zero-order valence-corrected chi connectivity index (χ0v) is 14.8. The van der Waals surface area contributed by atoms with Crippen molar-refractivity contribution in [1.29, 1.82) is 0 Å². The van der Waals surface area contributed by atoms with Gasteiger partial charge in [-0.2, -0.15) is 0 Å². The summed E-state index contributed by atoms with van der Waals surface area (Å²) in [6.45, 7) is 0.474. The van der Waals surface area contributed by atoms with Crippen LogP contribution in [0.15, 0.2) is 0 Å². The van der Waals surface area contributed by atoms with E-state index in [1.807, 2.05) is 0 Å². The van der Waals surface area contributed by atoms with Crippen LogP contribution < -0.4 is 16.0 Å². The molecule has 0 aromatic heterocycles. The SMILES string of the molecule is O=C(O)CNC(=O)C(CC(=O)O)NC(=O)C1CCCN1C(=O)C1CCCN1. The molecule has 3 unspecified atom stereocenters. The number of amides is 3. The molecule has 0 bridgehead atoms. The van der Waals surface area contributed by atoms with Crippen molar-refractivity contribution in [3.05, 3.63) is 0 Å². The minimum atomic E-state index is -1.42. The van der Waals surface area contributed by atoms with Crippen molar-refractivity contribution in [3.8, 4) is 0 Å². The van der Waals surface area contributed by atoms with E-state index in [0.717, 1.165) is 13.0 Å². The van der Waals surface area contributed by atoms with E-state index in [2.05, 4.69) is 16.0 Å². The Bertz CT molecular complexity index is 618.